The van der Waals surface area contributed by atoms with E-state index in [1.165, 1.54) is 0 Å². The number of aliphatic hydroxyl groups excluding tert-OH is 1. The molecule has 8 nitrogen and oxygen atoms in total. The van der Waals surface area contributed by atoms with E-state index in [1.54, 1.807) is 19.9 Å². The highest BCUT2D eigenvalue weighted by Gasteiger charge is 2.81. The van der Waals surface area contributed by atoms with Crippen LogP contribution in [0.1, 0.15) is 72.6 Å². The summed E-state index contributed by atoms with van der Waals surface area (Å²) in [5.41, 5.74) is -4.04. The lowest BCUT2D eigenvalue weighted by Crippen LogP contribution is -2.76. The van der Waals surface area contributed by atoms with E-state index in [-0.39, 0.29) is 37.9 Å². The quantitative estimate of drug-likeness (QED) is 0.379. The van der Waals surface area contributed by atoms with Crippen LogP contribution in [0.15, 0.2) is 11.6 Å². The molecule has 1 N–H and O–H groups in total. The fraction of sp³-hybridized carbons (Fsp3) is 0.800. The number of ether oxygens (including phenoxy) is 4. The number of cyclic esters (lactones) is 2. The van der Waals surface area contributed by atoms with E-state index in [9.17, 15) is 19.5 Å². The van der Waals surface area contributed by atoms with Gasteiger partial charge in [-0.2, -0.15) is 0 Å². The molecule has 5 aliphatic rings. The highest BCUT2D eigenvalue weighted by molar-refractivity contribution is 5.90. The number of carbonyl (C=O) groups excluding carboxylic acids is 3. The van der Waals surface area contributed by atoms with Gasteiger partial charge in [0, 0.05) is 17.4 Å². The Balaban J connectivity index is 1.58. The number of hydrogen-bond donors (Lipinski definition) is 1. The van der Waals surface area contributed by atoms with Gasteiger partial charge in [0.05, 0.1) is 18.1 Å². The van der Waals surface area contributed by atoms with Crippen LogP contribution in [0, 0.1) is 16.7 Å². The number of esters is 3. The SMILES string of the molecule is C/C=C(/C)C(=O)O[C@@]12CCC[C@H]3[C@@]1(C(=O)OC2)[C@@H](O)C[C@]1(C)O[C@@]2(CC[C@]31C)COC(=O)C2. The standard InChI is InChI=1S/C25H34O8/c1-5-15(2)19(28)32-24-8-6-7-16-21(3)9-10-23(12-18(27)30-13-23)33-22(21,4)11-17(26)25(16,24)20(29)31-14-24/h5,16-17,26H,6-14H2,1-4H3/b15-5-/t16-,17+,21-,22+,23-,24-,25+/m1/s1. The third-order valence-electron chi connectivity index (χ3n) is 9.78. The Kier molecular flexibility index (Phi) is 4.87. The van der Waals surface area contributed by atoms with Crippen molar-refractivity contribution in [1.82, 2.24) is 0 Å². The third-order valence-corrected chi connectivity index (χ3v) is 9.78. The molecule has 7 atom stereocenters. The maximum Gasteiger partial charge on any atom is 0.334 e. The monoisotopic (exact) mass is 462 g/mol. The zero-order valence-corrected chi connectivity index (χ0v) is 19.9. The molecule has 0 aromatic rings. The van der Waals surface area contributed by atoms with E-state index in [2.05, 4.69) is 6.92 Å². The van der Waals surface area contributed by atoms with Gasteiger partial charge in [-0.05, 0) is 58.8 Å². The first-order chi connectivity index (χ1) is 15.5. The third kappa shape index (κ3) is 2.74. The molecule has 33 heavy (non-hydrogen) atoms. The summed E-state index contributed by atoms with van der Waals surface area (Å²) in [7, 11) is 0. The molecule has 2 aliphatic carbocycles. The molecular formula is C25H34O8. The Morgan fingerprint density at radius 2 is 1.91 bits per heavy atom. The van der Waals surface area contributed by atoms with E-state index in [0.29, 0.717) is 31.3 Å². The highest BCUT2D eigenvalue weighted by atomic mass is 16.6. The minimum Gasteiger partial charge on any atom is -0.463 e. The summed E-state index contributed by atoms with van der Waals surface area (Å²) in [6.45, 7) is 7.73. The summed E-state index contributed by atoms with van der Waals surface area (Å²) in [6, 6.07) is 0. The zero-order valence-electron chi connectivity index (χ0n) is 19.9. The predicted molar refractivity (Wildman–Crippen MR) is 115 cm³/mol. The topological polar surface area (TPSA) is 108 Å². The van der Waals surface area contributed by atoms with Crippen LogP contribution >= 0.6 is 0 Å². The summed E-state index contributed by atoms with van der Waals surface area (Å²) in [5.74, 6) is -1.52. The van der Waals surface area contributed by atoms with E-state index in [4.69, 9.17) is 18.9 Å². The van der Waals surface area contributed by atoms with Crippen molar-refractivity contribution in [3.63, 3.8) is 0 Å². The van der Waals surface area contributed by atoms with Gasteiger partial charge in [-0.15, -0.1) is 0 Å². The molecular weight excluding hydrogens is 428 g/mol. The lowest BCUT2D eigenvalue weighted by Gasteiger charge is -2.68. The number of fused-ring (bicyclic) bond motifs is 2. The summed E-state index contributed by atoms with van der Waals surface area (Å²) >= 11 is 0. The van der Waals surface area contributed by atoms with Gasteiger partial charge in [0.15, 0.2) is 5.60 Å². The van der Waals surface area contributed by atoms with Crippen molar-refractivity contribution < 1.29 is 38.4 Å². The molecule has 3 saturated heterocycles. The van der Waals surface area contributed by atoms with Crippen LogP contribution in [-0.2, 0) is 33.3 Å². The molecule has 8 heteroatoms. The van der Waals surface area contributed by atoms with Crippen LogP contribution in [0.4, 0.5) is 0 Å². The summed E-state index contributed by atoms with van der Waals surface area (Å²) < 4.78 is 23.7. The second kappa shape index (κ2) is 7.04. The maximum absolute atomic E-state index is 13.5. The summed E-state index contributed by atoms with van der Waals surface area (Å²) in [4.78, 5) is 38.3. The normalized spacial score (nSPS) is 49.1. The fourth-order valence-electron chi connectivity index (χ4n) is 7.75. The van der Waals surface area contributed by atoms with Crippen LogP contribution in [-0.4, -0.2) is 59.1 Å². The minimum absolute atomic E-state index is 0.0396. The lowest BCUT2D eigenvalue weighted by atomic mass is 9.40. The molecule has 0 amide bonds. The second-order valence-corrected chi connectivity index (χ2v) is 11.2. The van der Waals surface area contributed by atoms with Crippen LogP contribution in [0.25, 0.3) is 0 Å². The van der Waals surface area contributed by atoms with Crippen molar-refractivity contribution >= 4 is 17.9 Å². The van der Waals surface area contributed by atoms with Gasteiger partial charge in [-0.25, -0.2) is 4.79 Å². The molecule has 0 bridgehead atoms. The van der Waals surface area contributed by atoms with Gasteiger partial charge in [0.1, 0.15) is 24.2 Å². The zero-order chi connectivity index (χ0) is 23.9. The molecule has 2 saturated carbocycles. The summed E-state index contributed by atoms with van der Waals surface area (Å²) in [5, 5.41) is 11.7. The Morgan fingerprint density at radius 3 is 2.58 bits per heavy atom. The van der Waals surface area contributed by atoms with Crippen LogP contribution in [0.3, 0.4) is 0 Å². The predicted octanol–water partition coefficient (Wildman–Crippen LogP) is 2.60. The van der Waals surface area contributed by atoms with E-state index >= 15 is 0 Å². The van der Waals surface area contributed by atoms with Crippen molar-refractivity contribution in [1.29, 1.82) is 0 Å². The van der Waals surface area contributed by atoms with Gasteiger partial charge < -0.3 is 24.1 Å². The summed E-state index contributed by atoms with van der Waals surface area (Å²) in [6.07, 6.45) is 4.22. The van der Waals surface area contributed by atoms with Crippen molar-refractivity contribution in [3.05, 3.63) is 11.6 Å². The number of allylic oxidation sites excluding steroid dienone is 1. The molecule has 3 heterocycles. The molecule has 2 spiro atoms. The molecule has 0 aromatic carbocycles. The largest absolute Gasteiger partial charge is 0.463 e. The first kappa shape index (κ1) is 22.8. The molecule has 0 unspecified atom stereocenters. The van der Waals surface area contributed by atoms with Gasteiger partial charge in [0.25, 0.3) is 0 Å². The van der Waals surface area contributed by atoms with Crippen LogP contribution in [0.2, 0.25) is 0 Å². The number of carbonyl (C=O) groups is 3. The molecule has 5 fully saturated rings. The Bertz CT molecular complexity index is 943. The molecule has 3 aliphatic heterocycles. The highest BCUT2D eigenvalue weighted by Crippen LogP contribution is 2.71. The van der Waals surface area contributed by atoms with Crippen molar-refractivity contribution in [2.75, 3.05) is 13.2 Å². The van der Waals surface area contributed by atoms with Crippen LogP contribution < -0.4 is 0 Å². The molecule has 182 valence electrons. The van der Waals surface area contributed by atoms with Gasteiger partial charge in [-0.3, -0.25) is 9.59 Å². The Morgan fingerprint density at radius 1 is 1.15 bits per heavy atom. The Hall–Kier alpha value is -1.93. The van der Waals surface area contributed by atoms with Crippen LogP contribution in [0.5, 0.6) is 0 Å². The number of rotatable bonds is 2. The van der Waals surface area contributed by atoms with Crippen molar-refractivity contribution in [3.8, 4) is 0 Å². The van der Waals surface area contributed by atoms with Crippen molar-refractivity contribution in [2.45, 2.75) is 95.5 Å². The number of aliphatic hydroxyl groups is 1. The lowest BCUT2D eigenvalue weighted by molar-refractivity contribution is -0.324. The smallest absolute Gasteiger partial charge is 0.334 e. The molecule has 5 rings (SSSR count). The molecule has 0 radical (unpaired) electrons. The van der Waals surface area contributed by atoms with Gasteiger partial charge in [0.2, 0.25) is 0 Å². The first-order valence-electron chi connectivity index (χ1n) is 12.0. The van der Waals surface area contributed by atoms with Crippen molar-refractivity contribution in [2.24, 2.45) is 16.7 Å². The van der Waals surface area contributed by atoms with E-state index in [1.807, 2.05) is 6.92 Å². The second-order valence-electron chi connectivity index (χ2n) is 11.2. The van der Waals surface area contributed by atoms with E-state index in [0.717, 1.165) is 6.42 Å². The molecule has 0 aromatic heterocycles. The minimum atomic E-state index is -1.33. The number of hydrogen-bond acceptors (Lipinski definition) is 8. The van der Waals surface area contributed by atoms with Gasteiger partial charge >= 0.3 is 17.9 Å². The fourth-order valence-corrected chi connectivity index (χ4v) is 7.75. The Labute approximate surface area is 194 Å². The van der Waals surface area contributed by atoms with E-state index < -0.39 is 45.7 Å². The average molecular weight is 463 g/mol. The first-order valence-corrected chi connectivity index (χ1v) is 12.0. The average Bonchev–Trinajstić information content (AvgIpc) is 3.27. The van der Waals surface area contributed by atoms with Gasteiger partial charge in [-0.1, -0.05) is 13.0 Å². The maximum atomic E-state index is 13.5.